The molecule has 0 bridgehead atoms. The van der Waals surface area contributed by atoms with E-state index in [1.165, 1.54) is 16.1 Å². The summed E-state index contributed by atoms with van der Waals surface area (Å²) in [6.07, 6.45) is 1.07. The van der Waals surface area contributed by atoms with Gasteiger partial charge in [-0.1, -0.05) is 12.1 Å². The molecule has 0 amide bonds. The van der Waals surface area contributed by atoms with Crippen molar-refractivity contribution >= 4 is 39.0 Å². The minimum Gasteiger partial charge on any atom is -0.369 e. The first-order chi connectivity index (χ1) is 14.6. The Morgan fingerprint density at radius 1 is 1.13 bits per heavy atom. The largest absolute Gasteiger partial charge is 0.369 e. The zero-order valence-corrected chi connectivity index (χ0v) is 18.9. The van der Waals surface area contributed by atoms with E-state index >= 15 is 0 Å². The maximum Gasteiger partial charge on any atom is 0.225 e. The fraction of sp³-hybridized carbons (Fsp3) is 0.455. The second-order valence-corrected chi connectivity index (χ2v) is 8.89. The normalized spacial score (nSPS) is 14.5. The molecule has 0 aliphatic carbocycles. The van der Waals surface area contributed by atoms with E-state index in [0.717, 1.165) is 61.7 Å². The van der Waals surface area contributed by atoms with Gasteiger partial charge in [0.05, 0.1) is 10.2 Å². The molecule has 1 aliphatic rings. The van der Waals surface area contributed by atoms with Crippen LogP contribution in [0.4, 0.5) is 17.5 Å². The number of fused-ring (bicyclic) bond motifs is 1. The Bertz CT molecular complexity index is 962. The molecule has 4 rings (SSSR count). The SMILES string of the molecule is CNc1nc(NCCCN(C)C)c2sc(-c3ccc(N4CCNCC4)cc3)cc2n1. The topological polar surface area (TPSA) is 68.4 Å². The summed E-state index contributed by atoms with van der Waals surface area (Å²) in [7, 11) is 6.06. The Labute approximate surface area is 182 Å². The van der Waals surface area contributed by atoms with Crippen molar-refractivity contribution in [3.63, 3.8) is 0 Å². The molecule has 1 fully saturated rings. The van der Waals surface area contributed by atoms with Gasteiger partial charge in [-0.3, -0.25) is 0 Å². The number of nitrogens with zero attached hydrogens (tertiary/aromatic N) is 4. The summed E-state index contributed by atoms with van der Waals surface area (Å²) in [5, 5.41) is 10.0. The number of piperazine rings is 1. The maximum atomic E-state index is 4.67. The molecule has 1 aliphatic heterocycles. The van der Waals surface area contributed by atoms with Crippen LogP contribution in [-0.4, -0.2) is 75.3 Å². The van der Waals surface area contributed by atoms with Crippen molar-refractivity contribution in [2.45, 2.75) is 6.42 Å². The number of nitrogens with one attached hydrogen (secondary N) is 3. The van der Waals surface area contributed by atoms with Gasteiger partial charge in [-0.25, -0.2) is 4.98 Å². The van der Waals surface area contributed by atoms with Crippen molar-refractivity contribution in [2.75, 3.05) is 75.9 Å². The van der Waals surface area contributed by atoms with Gasteiger partial charge in [0.25, 0.3) is 0 Å². The Hall–Kier alpha value is -2.42. The van der Waals surface area contributed by atoms with Gasteiger partial charge >= 0.3 is 0 Å². The minimum atomic E-state index is 0.649. The molecule has 0 unspecified atom stereocenters. The lowest BCUT2D eigenvalue weighted by molar-refractivity contribution is 0.405. The Kier molecular flexibility index (Phi) is 6.66. The van der Waals surface area contributed by atoms with E-state index in [1.54, 1.807) is 11.3 Å². The van der Waals surface area contributed by atoms with E-state index in [0.29, 0.717) is 5.95 Å². The Morgan fingerprint density at radius 2 is 1.90 bits per heavy atom. The fourth-order valence-electron chi connectivity index (χ4n) is 3.67. The van der Waals surface area contributed by atoms with Gasteiger partial charge in [0, 0.05) is 50.3 Å². The number of aromatic nitrogens is 2. The summed E-state index contributed by atoms with van der Waals surface area (Å²) in [6.45, 7) is 6.17. The van der Waals surface area contributed by atoms with E-state index in [4.69, 9.17) is 0 Å². The average Bonchev–Trinajstić information content (AvgIpc) is 3.21. The lowest BCUT2D eigenvalue weighted by atomic mass is 10.1. The molecule has 2 aromatic heterocycles. The van der Waals surface area contributed by atoms with Gasteiger partial charge in [0.1, 0.15) is 5.82 Å². The van der Waals surface area contributed by atoms with Crippen molar-refractivity contribution in [2.24, 2.45) is 0 Å². The lowest BCUT2D eigenvalue weighted by Gasteiger charge is -2.29. The van der Waals surface area contributed by atoms with Crippen LogP contribution in [0.25, 0.3) is 20.7 Å². The number of hydrogen-bond acceptors (Lipinski definition) is 8. The van der Waals surface area contributed by atoms with Crippen LogP contribution in [-0.2, 0) is 0 Å². The van der Waals surface area contributed by atoms with E-state index in [2.05, 4.69) is 80.1 Å². The molecular formula is C22H31N7S. The van der Waals surface area contributed by atoms with Crippen LogP contribution >= 0.6 is 11.3 Å². The summed E-state index contributed by atoms with van der Waals surface area (Å²) < 4.78 is 1.11. The summed E-state index contributed by atoms with van der Waals surface area (Å²) in [5.41, 5.74) is 3.50. The number of hydrogen-bond donors (Lipinski definition) is 3. The maximum absolute atomic E-state index is 4.67. The lowest BCUT2D eigenvalue weighted by Crippen LogP contribution is -2.43. The van der Waals surface area contributed by atoms with Crippen molar-refractivity contribution in [3.8, 4) is 10.4 Å². The third-order valence-electron chi connectivity index (χ3n) is 5.30. The third-order valence-corrected chi connectivity index (χ3v) is 6.48. The molecule has 30 heavy (non-hydrogen) atoms. The highest BCUT2D eigenvalue weighted by molar-refractivity contribution is 7.22. The molecule has 0 saturated carbocycles. The van der Waals surface area contributed by atoms with Gasteiger partial charge in [0.15, 0.2) is 0 Å². The van der Waals surface area contributed by atoms with E-state index in [-0.39, 0.29) is 0 Å². The van der Waals surface area contributed by atoms with Gasteiger partial charge in [-0.15, -0.1) is 11.3 Å². The Morgan fingerprint density at radius 3 is 2.60 bits per heavy atom. The van der Waals surface area contributed by atoms with Crippen LogP contribution in [0, 0.1) is 0 Å². The van der Waals surface area contributed by atoms with Crippen molar-refractivity contribution < 1.29 is 0 Å². The predicted octanol–water partition coefficient (Wildman–Crippen LogP) is 3.17. The second kappa shape index (κ2) is 9.59. The molecule has 160 valence electrons. The molecule has 0 atom stereocenters. The summed E-state index contributed by atoms with van der Waals surface area (Å²) in [5.74, 6) is 1.56. The zero-order valence-electron chi connectivity index (χ0n) is 18.0. The zero-order chi connectivity index (χ0) is 20.9. The molecular weight excluding hydrogens is 394 g/mol. The predicted molar refractivity (Wildman–Crippen MR) is 129 cm³/mol. The molecule has 1 saturated heterocycles. The van der Waals surface area contributed by atoms with E-state index < -0.39 is 0 Å². The molecule has 0 spiro atoms. The molecule has 3 N–H and O–H groups in total. The highest BCUT2D eigenvalue weighted by Crippen LogP contribution is 2.37. The van der Waals surface area contributed by atoms with Crippen LogP contribution < -0.4 is 20.9 Å². The van der Waals surface area contributed by atoms with Crippen LogP contribution in [0.3, 0.4) is 0 Å². The Balaban J connectivity index is 1.56. The third kappa shape index (κ3) is 4.83. The quantitative estimate of drug-likeness (QED) is 0.479. The average molecular weight is 426 g/mol. The van der Waals surface area contributed by atoms with Crippen molar-refractivity contribution in [1.29, 1.82) is 0 Å². The van der Waals surface area contributed by atoms with E-state index in [1.807, 2.05) is 7.05 Å². The molecule has 3 heterocycles. The number of anilines is 3. The van der Waals surface area contributed by atoms with Crippen LogP contribution in [0.5, 0.6) is 0 Å². The molecule has 8 heteroatoms. The standard InChI is InChI=1S/C22H31N7S/c1-23-22-26-18-15-19(30-20(18)21(27-22)25-9-4-12-28(2)3)16-5-7-17(8-6-16)29-13-10-24-11-14-29/h5-8,15,24H,4,9-14H2,1-3H3,(H2,23,25,26,27). The second-order valence-electron chi connectivity index (χ2n) is 7.84. The van der Waals surface area contributed by atoms with Gasteiger partial charge in [0.2, 0.25) is 5.95 Å². The highest BCUT2D eigenvalue weighted by atomic mass is 32.1. The summed E-state index contributed by atoms with van der Waals surface area (Å²) in [4.78, 5) is 15.2. The summed E-state index contributed by atoms with van der Waals surface area (Å²) in [6, 6.07) is 11.1. The first-order valence-electron chi connectivity index (χ1n) is 10.6. The van der Waals surface area contributed by atoms with Crippen LogP contribution in [0.1, 0.15) is 6.42 Å². The number of thiophene rings is 1. The van der Waals surface area contributed by atoms with Crippen LogP contribution in [0.15, 0.2) is 30.3 Å². The molecule has 0 radical (unpaired) electrons. The smallest absolute Gasteiger partial charge is 0.225 e. The fourth-order valence-corrected chi connectivity index (χ4v) is 4.73. The van der Waals surface area contributed by atoms with Gasteiger partial charge < -0.3 is 25.8 Å². The van der Waals surface area contributed by atoms with Crippen LogP contribution in [0.2, 0.25) is 0 Å². The molecule has 3 aromatic rings. The monoisotopic (exact) mass is 425 g/mol. The molecule has 7 nitrogen and oxygen atoms in total. The first kappa shape index (κ1) is 20.8. The highest BCUT2D eigenvalue weighted by Gasteiger charge is 2.14. The van der Waals surface area contributed by atoms with Gasteiger partial charge in [-0.2, -0.15) is 4.98 Å². The van der Waals surface area contributed by atoms with Crippen molar-refractivity contribution in [1.82, 2.24) is 20.2 Å². The number of benzene rings is 1. The van der Waals surface area contributed by atoms with Gasteiger partial charge in [-0.05, 0) is 50.8 Å². The minimum absolute atomic E-state index is 0.649. The van der Waals surface area contributed by atoms with E-state index in [9.17, 15) is 0 Å². The first-order valence-corrected chi connectivity index (χ1v) is 11.4. The van der Waals surface area contributed by atoms with Crippen molar-refractivity contribution in [3.05, 3.63) is 30.3 Å². The molecule has 1 aromatic carbocycles. The number of rotatable bonds is 8. The summed E-state index contributed by atoms with van der Waals surface area (Å²) >= 11 is 1.75.